The van der Waals surface area contributed by atoms with E-state index >= 15 is 0 Å². The lowest BCUT2D eigenvalue weighted by molar-refractivity contribution is 0.101. The van der Waals surface area contributed by atoms with Crippen molar-refractivity contribution in [2.75, 3.05) is 0 Å². The van der Waals surface area contributed by atoms with E-state index in [1.165, 1.54) is 29.9 Å². The van der Waals surface area contributed by atoms with Gasteiger partial charge in [-0.25, -0.2) is 9.07 Å². The number of nitrogens with zero attached hydrogens (tertiary/aromatic N) is 2. The van der Waals surface area contributed by atoms with E-state index in [2.05, 4.69) is 21.0 Å². The molecule has 2 rings (SSSR count). The number of hydrogen-bond donors (Lipinski definition) is 0. The molecule has 0 atom stereocenters. The molecule has 1 aromatic carbocycles. The molecule has 0 aliphatic carbocycles. The van der Waals surface area contributed by atoms with Crippen LogP contribution < -0.4 is 0 Å². The van der Waals surface area contributed by atoms with Crippen molar-refractivity contribution in [2.24, 2.45) is 0 Å². The van der Waals surface area contributed by atoms with E-state index in [1.807, 2.05) is 0 Å². The molecule has 0 bridgehead atoms. The van der Waals surface area contributed by atoms with Crippen molar-refractivity contribution in [2.45, 2.75) is 6.92 Å². The fourth-order valence-electron chi connectivity index (χ4n) is 1.33. The van der Waals surface area contributed by atoms with Gasteiger partial charge in [0.1, 0.15) is 10.4 Å². The highest BCUT2D eigenvalue weighted by atomic mass is 79.9. The van der Waals surface area contributed by atoms with E-state index in [9.17, 15) is 9.18 Å². The van der Waals surface area contributed by atoms with E-state index < -0.39 is 0 Å². The molecule has 0 saturated carbocycles. The summed E-state index contributed by atoms with van der Waals surface area (Å²) < 4.78 is 14.9. The van der Waals surface area contributed by atoms with Crippen molar-refractivity contribution < 1.29 is 9.18 Å². The Labute approximate surface area is 100 Å². The molecule has 1 aromatic heterocycles. The standard InChI is InChI=1S/C11H8BrFN2O/c1-7(16)10-6-14-15(11(10)12)9-4-2-8(13)3-5-9/h2-6H,1H3. The normalized spacial score (nSPS) is 10.4. The first-order valence-electron chi connectivity index (χ1n) is 4.60. The number of aromatic nitrogens is 2. The second-order valence-electron chi connectivity index (χ2n) is 3.29. The number of hydrogen-bond acceptors (Lipinski definition) is 2. The van der Waals surface area contributed by atoms with E-state index in [-0.39, 0.29) is 11.6 Å². The third kappa shape index (κ3) is 1.90. The number of ketones is 1. The molecule has 0 fully saturated rings. The van der Waals surface area contributed by atoms with Crippen LogP contribution in [0.25, 0.3) is 5.69 Å². The Balaban J connectivity index is 2.49. The second-order valence-corrected chi connectivity index (χ2v) is 4.04. The van der Waals surface area contributed by atoms with Gasteiger partial charge < -0.3 is 0 Å². The Morgan fingerprint density at radius 2 is 2.00 bits per heavy atom. The van der Waals surface area contributed by atoms with Crippen LogP contribution in [-0.2, 0) is 0 Å². The number of benzene rings is 1. The zero-order valence-corrected chi connectivity index (χ0v) is 10.0. The summed E-state index contributed by atoms with van der Waals surface area (Å²) in [5.74, 6) is -0.376. The maximum absolute atomic E-state index is 12.7. The summed E-state index contributed by atoms with van der Waals surface area (Å²) in [5.41, 5.74) is 1.20. The lowest BCUT2D eigenvalue weighted by Gasteiger charge is -2.02. The van der Waals surface area contributed by atoms with Crippen LogP contribution in [0.1, 0.15) is 17.3 Å². The predicted molar refractivity (Wildman–Crippen MR) is 61.2 cm³/mol. The third-order valence-corrected chi connectivity index (χ3v) is 2.92. The van der Waals surface area contributed by atoms with Crippen molar-refractivity contribution >= 4 is 21.7 Å². The molecule has 1 heterocycles. The Morgan fingerprint density at radius 3 is 2.50 bits per heavy atom. The molecule has 0 aliphatic heterocycles. The average Bonchev–Trinajstić information content (AvgIpc) is 2.61. The molecule has 5 heteroatoms. The van der Waals surface area contributed by atoms with Crippen LogP contribution in [-0.4, -0.2) is 15.6 Å². The Morgan fingerprint density at radius 1 is 1.38 bits per heavy atom. The van der Waals surface area contributed by atoms with E-state index in [4.69, 9.17) is 0 Å². The first-order chi connectivity index (χ1) is 7.59. The van der Waals surface area contributed by atoms with E-state index in [0.29, 0.717) is 15.9 Å². The Bertz CT molecular complexity index is 533. The van der Waals surface area contributed by atoms with Gasteiger partial charge in [0.05, 0.1) is 17.4 Å². The number of Topliss-reactive ketones (excluding diaryl/α,β-unsaturated/α-hetero) is 1. The zero-order valence-electron chi connectivity index (χ0n) is 8.45. The molecule has 0 saturated heterocycles. The lowest BCUT2D eigenvalue weighted by atomic mass is 10.2. The van der Waals surface area contributed by atoms with Gasteiger partial charge in [-0.05, 0) is 47.1 Å². The SMILES string of the molecule is CC(=O)c1cnn(-c2ccc(F)cc2)c1Br. The molecule has 0 spiro atoms. The van der Waals surface area contributed by atoms with Crippen LogP contribution in [0, 0.1) is 5.82 Å². The summed E-state index contributed by atoms with van der Waals surface area (Å²) in [4.78, 5) is 11.2. The van der Waals surface area contributed by atoms with Crippen molar-refractivity contribution in [1.82, 2.24) is 9.78 Å². The molecule has 0 N–H and O–H groups in total. The van der Waals surface area contributed by atoms with Gasteiger partial charge in [0.25, 0.3) is 0 Å². The zero-order chi connectivity index (χ0) is 11.7. The average molecular weight is 283 g/mol. The molecule has 0 radical (unpaired) electrons. The van der Waals surface area contributed by atoms with Crippen molar-refractivity contribution in [3.8, 4) is 5.69 Å². The highest BCUT2D eigenvalue weighted by Gasteiger charge is 2.12. The minimum absolute atomic E-state index is 0.0692. The first kappa shape index (κ1) is 11.0. The molecule has 3 nitrogen and oxygen atoms in total. The van der Waals surface area contributed by atoms with Crippen LogP contribution in [0.2, 0.25) is 0 Å². The van der Waals surface area contributed by atoms with Crippen molar-refractivity contribution in [3.63, 3.8) is 0 Å². The molecular formula is C11H8BrFN2O. The van der Waals surface area contributed by atoms with Gasteiger partial charge in [-0.1, -0.05) is 0 Å². The van der Waals surface area contributed by atoms with Gasteiger partial charge >= 0.3 is 0 Å². The quantitative estimate of drug-likeness (QED) is 0.794. The Kier molecular flexibility index (Phi) is 2.87. The number of carbonyl (C=O) groups excluding carboxylic acids is 1. The lowest BCUT2D eigenvalue weighted by Crippen LogP contribution is -1.98. The predicted octanol–water partition coefficient (Wildman–Crippen LogP) is 2.98. The van der Waals surface area contributed by atoms with Gasteiger partial charge in [0, 0.05) is 0 Å². The fraction of sp³-hybridized carbons (Fsp3) is 0.0909. The summed E-state index contributed by atoms with van der Waals surface area (Å²) >= 11 is 3.29. The minimum atomic E-state index is -0.307. The van der Waals surface area contributed by atoms with E-state index in [0.717, 1.165) is 0 Å². The summed E-state index contributed by atoms with van der Waals surface area (Å²) in [5, 5.41) is 4.06. The van der Waals surface area contributed by atoms with Gasteiger partial charge in [0.15, 0.2) is 5.78 Å². The molecular weight excluding hydrogens is 275 g/mol. The number of halogens is 2. The summed E-state index contributed by atoms with van der Waals surface area (Å²) in [6.45, 7) is 1.47. The molecule has 2 aromatic rings. The molecule has 82 valence electrons. The largest absolute Gasteiger partial charge is 0.294 e. The second kappa shape index (κ2) is 4.17. The van der Waals surface area contributed by atoms with Crippen molar-refractivity contribution in [3.05, 3.63) is 46.4 Å². The summed E-state index contributed by atoms with van der Waals surface area (Å²) in [6, 6.07) is 5.88. The fourth-order valence-corrected chi connectivity index (χ4v) is 2.01. The topological polar surface area (TPSA) is 34.9 Å². The smallest absolute Gasteiger partial charge is 0.164 e. The summed E-state index contributed by atoms with van der Waals surface area (Å²) in [7, 11) is 0. The molecule has 0 aliphatic rings. The third-order valence-electron chi connectivity index (χ3n) is 2.16. The molecule has 16 heavy (non-hydrogen) atoms. The monoisotopic (exact) mass is 282 g/mol. The van der Waals surface area contributed by atoms with Crippen LogP contribution in [0.5, 0.6) is 0 Å². The minimum Gasteiger partial charge on any atom is -0.294 e. The highest BCUT2D eigenvalue weighted by Crippen LogP contribution is 2.21. The van der Waals surface area contributed by atoms with Gasteiger partial charge in [-0.2, -0.15) is 5.10 Å². The van der Waals surface area contributed by atoms with Crippen LogP contribution in [0.4, 0.5) is 4.39 Å². The first-order valence-corrected chi connectivity index (χ1v) is 5.39. The number of rotatable bonds is 2. The highest BCUT2D eigenvalue weighted by molar-refractivity contribution is 9.10. The molecule has 0 amide bonds. The Hall–Kier alpha value is -1.49. The maximum atomic E-state index is 12.7. The van der Waals surface area contributed by atoms with Crippen LogP contribution >= 0.6 is 15.9 Å². The van der Waals surface area contributed by atoms with Crippen LogP contribution in [0.3, 0.4) is 0 Å². The number of carbonyl (C=O) groups is 1. The van der Waals surface area contributed by atoms with Gasteiger partial charge in [-0.3, -0.25) is 4.79 Å². The van der Waals surface area contributed by atoms with Crippen molar-refractivity contribution in [1.29, 1.82) is 0 Å². The van der Waals surface area contributed by atoms with E-state index in [1.54, 1.807) is 12.1 Å². The van der Waals surface area contributed by atoms with Gasteiger partial charge in [-0.15, -0.1) is 0 Å². The van der Waals surface area contributed by atoms with Crippen LogP contribution in [0.15, 0.2) is 35.1 Å². The summed E-state index contributed by atoms with van der Waals surface area (Å²) in [6.07, 6.45) is 1.48. The maximum Gasteiger partial charge on any atom is 0.164 e. The van der Waals surface area contributed by atoms with Gasteiger partial charge in [0.2, 0.25) is 0 Å². The molecule has 0 unspecified atom stereocenters.